The first-order valence-corrected chi connectivity index (χ1v) is 6.88. The fourth-order valence-corrected chi connectivity index (χ4v) is 2.13. The molecule has 2 amide bonds. The molecule has 0 unspecified atom stereocenters. The summed E-state index contributed by atoms with van der Waals surface area (Å²) in [6, 6.07) is 5.44. The lowest BCUT2D eigenvalue weighted by Gasteiger charge is -2.27. The van der Waals surface area contributed by atoms with E-state index in [0.29, 0.717) is 25.1 Å². The van der Waals surface area contributed by atoms with Crippen LogP contribution in [0.2, 0.25) is 0 Å². The second-order valence-electron chi connectivity index (χ2n) is 4.88. The van der Waals surface area contributed by atoms with E-state index in [4.69, 9.17) is 5.11 Å². The van der Waals surface area contributed by atoms with Gasteiger partial charge < -0.3 is 15.3 Å². The molecule has 1 aromatic carbocycles. The molecule has 0 spiro atoms. The first kappa shape index (κ1) is 15.1. The zero-order valence-electron chi connectivity index (χ0n) is 12.0. The summed E-state index contributed by atoms with van der Waals surface area (Å²) < 4.78 is 0. The second kappa shape index (κ2) is 6.91. The van der Waals surface area contributed by atoms with Gasteiger partial charge in [0.15, 0.2) is 0 Å². The van der Waals surface area contributed by atoms with Crippen LogP contribution in [0.1, 0.15) is 27.9 Å². The molecule has 1 fully saturated rings. The van der Waals surface area contributed by atoms with Crippen LogP contribution in [0.4, 0.5) is 0 Å². The van der Waals surface area contributed by atoms with Gasteiger partial charge in [0.25, 0.3) is 5.91 Å². The molecule has 2 rings (SSSR count). The molecule has 1 aliphatic heterocycles. The molecular weight excluding hydrogens is 268 g/mol. The fourth-order valence-electron chi connectivity index (χ4n) is 2.13. The second-order valence-corrected chi connectivity index (χ2v) is 4.88. The van der Waals surface area contributed by atoms with Crippen molar-refractivity contribution < 1.29 is 14.7 Å². The van der Waals surface area contributed by atoms with Crippen molar-refractivity contribution in [3.8, 4) is 11.8 Å². The normalized spacial score (nSPS) is 14.2. The zero-order valence-corrected chi connectivity index (χ0v) is 12.0. The number of carbonyl (C=O) groups excluding carboxylic acids is 2. The lowest BCUT2D eigenvalue weighted by molar-refractivity contribution is -0.123. The van der Waals surface area contributed by atoms with E-state index in [9.17, 15) is 9.59 Å². The van der Waals surface area contributed by atoms with Gasteiger partial charge in [-0.05, 0) is 24.6 Å². The highest BCUT2D eigenvalue weighted by Gasteiger charge is 2.23. The van der Waals surface area contributed by atoms with E-state index >= 15 is 0 Å². The first-order valence-electron chi connectivity index (χ1n) is 6.88. The highest BCUT2D eigenvalue weighted by atomic mass is 16.2. The average molecular weight is 286 g/mol. The van der Waals surface area contributed by atoms with E-state index in [0.717, 1.165) is 11.1 Å². The van der Waals surface area contributed by atoms with Crippen LogP contribution >= 0.6 is 0 Å². The van der Waals surface area contributed by atoms with Crippen molar-refractivity contribution in [3.63, 3.8) is 0 Å². The molecule has 1 aliphatic rings. The number of nitrogens with zero attached hydrogens (tertiary/aromatic N) is 1. The molecule has 2 N–H and O–H groups in total. The minimum absolute atomic E-state index is 0.0214. The van der Waals surface area contributed by atoms with Gasteiger partial charge in [0.05, 0.1) is 13.2 Å². The Labute approximate surface area is 124 Å². The van der Waals surface area contributed by atoms with Crippen molar-refractivity contribution in [2.24, 2.45) is 0 Å². The van der Waals surface area contributed by atoms with Gasteiger partial charge >= 0.3 is 0 Å². The number of hydrogen-bond donors (Lipinski definition) is 2. The Bertz CT molecular complexity index is 614. The maximum absolute atomic E-state index is 12.5. The molecule has 110 valence electrons. The van der Waals surface area contributed by atoms with Gasteiger partial charge in [0.2, 0.25) is 5.91 Å². The van der Waals surface area contributed by atoms with Gasteiger partial charge in [-0.15, -0.1) is 0 Å². The first-order chi connectivity index (χ1) is 10.1. The Morgan fingerprint density at radius 3 is 3.00 bits per heavy atom. The lowest BCUT2D eigenvalue weighted by atomic mass is 10.0. The van der Waals surface area contributed by atoms with E-state index in [2.05, 4.69) is 17.2 Å². The predicted molar refractivity (Wildman–Crippen MR) is 78.7 cm³/mol. The zero-order chi connectivity index (χ0) is 15.2. The summed E-state index contributed by atoms with van der Waals surface area (Å²) in [5, 5.41) is 11.4. The van der Waals surface area contributed by atoms with Gasteiger partial charge in [0.1, 0.15) is 0 Å². The fraction of sp³-hybridized carbons (Fsp3) is 0.375. The maximum atomic E-state index is 12.5. The molecule has 1 heterocycles. The van der Waals surface area contributed by atoms with Crippen LogP contribution in [-0.2, 0) is 4.79 Å². The van der Waals surface area contributed by atoms with Crippen molar-refractivity contribution in [1.82, 2.24) is 10.2 Å². The standard InChI is InChI=1S/C16H18N2O3/c1-12-5-6-13(4-2-3-9-19)10-14(12)16(21)18-8-7-17-15(20)11-18/h5-6,10,19H,3,7-9,11H2,1H3,(H,17,20). The minimum atomic E-state index is -0.145. The van der Waals surface area contributed by atoms with Crippen molar-refractivity contribution in [3.05, 3.63) is 34.9 Å². The number of nitrogens with one attached hydrogen (secondary N) is 1. The molecule has 5 nitrogen and oxygen atoms in total. The highest BCUT2D eigenvalue weighted by Crippen LogP contribution is 2.14. The largest absolute Gasteiger partial charge is 0.395 e. The Kier molecular flexibility index (Phi) is 4.96. The maximum Gasteiger partial charge on any atom is 0.254 e. The molecule has 0 atom stereocenters. The van der Waals surface area contributed by atoms with Crippen LogP contribution in [0, 0.1) is 18.8 Å². The SMILES string of the molecule is Cc1ccc(C#CCCO)cc1C(=O)N1CCNC(=O)C1. The van der Waals surface area contributed by atoms with Crippen molar-refractivity contribution in [1.29, 1.82) is 0 Å². The van der Waals surface area contributed by atoms with Crippen molar-refractivity contribution in [2.75, 3.05) is 26.2 Å². The van der Waals surface area contributed by atoms with E-state index in [-0.39, 0.29) is 25.0 Å². The van der Waals surface area contributed by atoms with Crippen LogP contribution in [0.25, 0.3) is 0 Å². The Balaban J connectivity index is 2.22. The molecule has 1 aromatic rings. The van der Waals surface area contributed by atoms with Gasteiger partial charge in [-0.1, -0.05) is 17.9 Å². The van der Waals surface area contributed by atoms with E-state index in [1.807, 2.05) is 19.1 Å². The van der Waals surface area contributed by atoms with Crippen LogP contribution in [-0.4, -0.2) is 48.1 Å². The van der Waals surface area contributed by atoms with Gasteiger partial charge in [-0.25, -0.2) is 0 Å². The topological polar surface area (TPSA) is 69.6 Å². The molecular formula is C16H18N2O3. The van der Waals surface area contributed by atoms with Gasteiger partial charge in [-0.3, -0.25) is 9.59 Å². The molecule has 0 saturated carbocycles. The van der Waals surface area contributed by atoms with E-state index in [1.165, 1.54) is 0 Å². The predicted octanol–water partition coefficient (Wildman–Crippen LogP) is 0.301. The molecule has 0 aromatic heterocycles. The molecule has 0 aliphatic carbocycles. The Morgan fingerprint density at radius 2 is 2.29 bits per heavy atom. The van der Waals surface area contributed by atoms with Gasteiger partial charge in [0, 0.05) is 30.6 Å². The number of aliphatic hydroxyl groups is 1. The minimum Gasteiger partial charge on any atom is -0.395 e. The third-order valence-corrected chi connectivity index (χ3v) is 3.26. The van der Waals surface area contributed by atoms with Crippen LogP contribution in [0.15, 0.2) is 18.2 Å². The number of piperazine rings is 1. The van der Waals surface area contributed by atoms with Gasteiger partial charge in [-0.2, -0.15) is 0 Å². The molecule has 5 heteroatoms. The number of aliphatic hydroxyl groups excluding tert-OH is 1. The number of rotatable bonds is 2. The molecule has 0 radical (unpaired) electrons. The van der Waals surface area contributed by atoms with Crippen LogP contribution in [0.5, 0.6) is 0 Å². The van der Waals surface area contributed by atoms with Crippen LogP contribution < -0.4 is 5.32 Å². The quantitative estimate of drug-likeness (QED) is 0.768. The van der Waals surface area contributed by atoms with E-state index in [1.54, 1.807) is 11.0 Å². The summed E-state index contributed by atoms with van der Waals surface area (Å²) in [7, 11) is 0. The number of amides is 2. The Morgan fingerprint density at radius 1 is 1.48 bits per heavy atom. The Hall–Kier alpha value is -2.32. The number of benzene rings is 1. The lowest BCUT2D eigenvalue weighted by Crippen LogP contribution is -2.50. The smallest absolute Gasteiger partial charge is 0.254 e. The summed E-state index contributed by atoms with van der Waals surface area (Å²) in [5.74, 6) is 5.48. The summed E-state index contributed by atoms with van der Waals surface area (Å²) in [6.07, 6.45) is 0.406. The molecule has 0 bridgehead atoms. The summed E-state index contributed by atoms with van der Waals surface area (Å²) in [6.45, 7) is 2.98. The summed E-state index contributed by atoms with van der Waals surface area (Å²) in [5.41, 5.74) is 2.16. The average Bonchev–Trinajstić information content (AvgIpc) is 2.48. The third-order valence-electron chi connectivity index (χ3n) is 3.26. The molecule has 21 heavy (non-hydrogen) atoms. The highest BCUT2D eigenvalue weighted by molar-refractivity contribution is 5.98. The molecule has 1 saturated heterocycles. The number of hydrogen-bond acceptors (Lipinski definition) is 3. The summed E-state index contributed by atoms with van der Waals surface area (Å²) >= 11 is 0. The monoisotopic (exact) mass is 286 g/mol. The van der Waals surface area contributed by atoms with Crippen molar-refractivity contribution in [2.45, 2.75) is 13.3 Å². The van der Waals surface area contributed by atoms with Crippen LogP contribution in [0.3, 0.4) is 0 Å². The number of carbonyl (C=O) groups is 2. The summed E-state index contributed by atoms with van der Waals surface area (Å²) in [4.78, 5) is 25.4. The van der Waals surface area contributed by atoms with E-state index < -0.39 is 0 Å². The van der Waals surface area contributed by atoms with Crippen molar-refractivity contribution >= 4 is 11.8 Å². The third kappa shape index (κ3) is 3.83. The number of aryl methyl sites for hydroxylation is 1.